The molecular formula is C22H19F2N3. The summed E-state index contributed by atoms with van der Waals surface area (Å²) in [6, 6.07) is 9.49. The minimum Gasteiger partial charge on any atom is -0.327 e. The largest absolute Gasteiger partial charge is 0.327 e. The predicted octanol–water partition coefficient (Wildman–Crippen LogP) is 5.81. The molecule has 1 aliphatic heterocycles. The van der Waals surface area contributed by atoms with E-state index in [2.05, 4.69) is 16.3 Å². The topological polar surface area (TPSA) is 30.2 Å². The first-order valence-corrected chi connectivity index (χ1v) is 8.91. The van der Waals surface area contributed by atoms with Crippen LogP contribution in [0.15, 0.2) is 47.5 Å². The lowest BCUT2D eigenvalue weighted by atomic mass is 10.0. The quantitative estimate of drug-likeness (QED) is 0.538. The number of aryl methyl sites for hydroxylation is 1. The van der Waals surface area contributed by atoms with Crippen molar-refractivity contribution in [3.05, 3.63) is 65.5 Å². The van der Waals surface area contributed by atoms with Crippen molar-refractivity contribution >= 4 is 18.5 Å². The van der Waals surface area contributed by atoms with Crippen molar-refractivity contribution in [2.24, 2.45) is 4.99 Å². The zero-order chi connectivity index (χ0) is 19.0. The molecule has 0 unspecified atom stereocenters. The zero-order valence-corrected chi connectivity index (χ0v) is 15.0. The fraction of sp³-hybridized carbons (Fsp3) is 0.182. The maximum atomic E-state index is 14.5. The van der Waals surface area contributed by atoms with Gasteiger partial charge in [-0.25, -0.2) is 13.8 Å². The summed E-state index contributed by atoms with van der Waals surface area (Å²) >= 11 is 0. The molecule has 2 heterocycles. The Hall–Kier alpha value is -3.08. The summed E-state index contributed by atoms with van der Waals surface area (Å²) in [5.74, 6) is -0.269. The van der Waals surface area contributed by atoms with Crippen LogP contribution in [-0.4, -0.2) is 16.3 Å². The molecule has 1 aromatic heterocycles. The molecule has 3 nitrogen and oxygen atoms in total. The number of rotatable bonds is 4. The molecule has 27 heavy (non-hydrogen) atoms. The average molecular weight is 363 g/mol. The van der Waals surface area contributed by atoms with Crippen LogP contribution in [0.2, 0.25) is 0 Å². The second-order valence-corrected chi connectivity index (χ2v) is 6.54. The van der Waals surface area contributed by atoms with Crippen LogP contribution in [-0.2, 0) is 13.0 Å². The molecule has 3 aromatic rings. The van der Waals surface area contributed by atoms with Gasteiger partial charge in [0, 0.05) is 35.7 Å². The Morgan fingerprint density at radius 3 is 2.78 bits per heavy atom. The number of hydrogen-bond donors (Lipinski definition) is 0. The number of halogens is 2. The number of benzene rings is 2. The molecule has 0 N–H and O–H groups in total. The highest BCUT2D eigenvalue weighted by molar-refractivity contribution is 5.82. The summed E-state index contributed by atoms with van der Waals surface area (Å²) in [4.78, 5) is 8.76. The summed E-state index contributed by atoms with van der Waals surface area (Å²) < 4.78 is 30.0. The first kappa shape index (κ1) is 17.3. The van der Waals surface area contributed by atoms with Gasteiger partial charge in [-0.2, -0.15) is 0 Å². The molecule has 0 saturated carbocycles. The average Bonchev–Trinajstić information content (AvgIpc) is 3.23. The minimum atomic E-state index is -0.605. The van der Waals surface area contributed by atoms with Crippen LogP contribution in [0.1, 0.15) is 24.7 Å². The second kappa shape index (κ2) is 6.91. The van der Waals surface area contributed by atoms with Crippen molar-refractivity contribution in [3.8, 4) is 22.5 Å². The molecule has 0 aliphatic carbocycles. The van der Waals surface area contributed by atoms with E-state index in [1.165, 1.54) is 12.1 Å². The smallest absolute Gasteiger partial charge is 0.135 e. The summed E-state index contributed by atoms with van der Waals surface area (Å²) in [5.41, 5.74) is 4.36. The van der Waals surface area contributed by atoms with E-state index in [1.54, 1.807) is 0 Å². The molecule has 0 atom stereocenters. The van der Waals surface area contributed by atoms with E-state index in [9.17, 15) is 8.78 Å². The van der Waals surface area contributed by atoms with Gasteiger partial charge in [0.2, 0.25) is 0 Å². The van der Waals surface area contributed by atoms with Crippen molar-refractivity contribution in [2.75, 3.05) is 0 Å². The normalized spacial score (nSPS) is 13.3. The molecule has 0 spiro atoms. The number of imidazole rings is 1. The number of fused-ring (bicyclic) bond motifs is 1. The van der Waals surface area contributed by atoms with E-state index < -0.39 is 11.6 Å². The number of allylic oxidation sites excluding steroid dienone is 1. The molecule has 136 valence electrons. The van der Waals surface area contributed by atoms with Gasteiger partial charge in [-0.05, 0) is 44.3 Å². The van der Waals surface area contributed by atoms with Crippen LogP contribution in [0.5, 0.6) is 0 Å². The van der Waals surface area contributed by atoms with E-state index in [1.807, 2.05) is 37.3 Å². The van der Waals surface area contributed by atoms with Crippen molar-refractivity contribution < 1.29 is 8.78 Å². The van der Waals surface area contributed by atoms with E-state index in [4.69, 9.17) is 4.98 Å². The summed E-state index contributed by atoms with van der Waals surface area (Å²) in [5, 5.41) is 0. The number of aliphatic imine (C=N–C) groups is 1. The Morgan fingerprint density at radius 1 is 1.19 bits per heavy atom. The maximum Gasteiger partial charge on any atom is 0.135 e. The number of aromatic nitrogens is 2. The Bertz CT molecular complexity index is 1060. The maximum absolute atomic E-state index is 14.5. The SMILES string of the molecule is C=Nc1ccc(-c2c(-c3ccc(F)cc3F)nc3n2CCC3)cc1/C=C\C. The van der Waals surface area contributed by atoms with Crippen LogP contribution >= 0.6 is 0 Å². The third kappa shape index (κ3) is 2.99. The Morgan fingerprint density at radius 2 is 2.04 bits per heavy atom. The molecule has 4 rings (SSSR count). The lowest BCUT2D eigenvalue weighted by molar-refractivity contribution is 0.585. The number of hydrogen-bond acceptors (Lipinski definition) is 2. The summed E-state index contributed by atoms with van der Waals surface area (Å²) in [7, 11) is 0. The predicted molar refractivity (Wildman–Crippen MR) is 105 cm³/mol. The Labute approximate surface area is 156 Å². The van der Waals surface area contributed by atoms with Crippen LogP contribution in [0.3, 0.4) is 0 Å². The van der Waals surface area contributed by atoms with Crippen molar-refractivity contribution in [2.45, 2.75) is 26.3 Å². The standard InChI is InChI=1S/C22H19F2N3/c1-3-5-14-12-15(7-10-19(14)25-2)22-21(26-20-6-4-11-27(20)22)17-9-8-16(23)13-18(17)24/h3,5,7-10,12-13H,2,4,6,11H2,1H3/b5-3-. The van der Waals surface area contributed by atoms with Gasteiger partial charge < -0.3 is 4.57 Å². The van der Waals surface area contributed by atoms with Crippen molar-refractivity contribution in [1.82, 2.24) is 9.55 Å². The van der Waals surface area contributed by atoms with Gasteiger partial charge in [-0.15, -0.1) is 0 Å². The molecule has 0 radical (unpaired) electrons. The van der Waals surface area contributed by atoms with E-state index in [0.717, 1.165) is 53.8 Å². The van der Waals surface area contributed by atoms with E-state index >= 15 is 0 Å². The molecule has 5 heteroatoms. The van der Waals surface area contributed by atoms with Gasteiger partial charge in [-0.3, -0.25) is 4.99 Å². The highest BCUT2D eigenvalue weighted by Crippen LogP contribution is 2.38. The van der Waals surface area contributed by atoms with Gasteiger partial charge in [0.05, 0.1) is 17.1 Å². The fourth-order valence-electron chi connectivity index (χ4n) is 3.65. The second-order valence-electron chi connectivity index (χ2n) is 6.54. The lowest BCUT2D eigenvalue weighted by Gasteiger charge is -2.11. The third-order valence-electron chi connectivity index (χ3n) is 4.83. The van der Waals surface area contributed by atoms with E-state index in [0.29, 0.717) is 11.3 Å². The lowest BCUT2D eigenvalue weighted by Crippen LogP contribution is -1.97. The van der Waals surface area contributed by atoms with Crippen LogP contribution < -0.4 is 0 Å². The molecule has 0 fully saturated rings. The summed E-state index contributed by atoms with van der Waals surface area (Å²) in [6.45, 7) is 6.40. The van der Waals surface area contributed by atoms with Gasteiger partial charge in [0.25, 0.3) is 0 Å². The molecule has 0 bridgehead atoms. The first-order chi connectivity index (χ1) is 13.1. The first-order valence-electron chi connectivity index (χ1n) is 8.91. The monoisotopic (exact) mass is 363 g/mol. The highest BCUT2D eigenvalue weighted by Gasteiger charge is 2.25. The van der Waals surface area contributed by atoms with Gasteiger partial charge in [0.15, 0.2) is 0 Å². The third-order valence-corrected chi connectivity index (χ3v) is 4.83. The van der Waals surface area contributed by atoms with Crippen LogP contribution in [0, 0.1) is 11.6 Å². The molecule has 0 saturated heterocycles. The minimum absolute atomic E-state index is 0.312. The molecular weight excluding hydrogens is 344 g/mol. The Balaban J connectivity index is 1.95. The highest BCUT2D eigenvalue weighted by atomic mass is 19.1. The van der Waals surface area contributed by atoms with Gasteiger partial charge >= 0.3 is 0 Å². The fourth-order valence-corrected chi connectivity index (χ4v) is 3.65. The van der Waals surface area contributed by atoms with Crippen molar-refractivity contribution in [1.29, 1.82) is 0 Å². The van der Waals surface area contributed by atoms with Gasteiger partial charge in [0.1, 0.15) is 17.5 Å². The van der Waals surface area contributed by atoms with Gasteiger partial charge in [-0.1, -0.05) is 18.2 Å². The van der Waals surface area contributed by atoms with E-state index in [-0.39, 0.29) is 0 Å². The zero-order valence-electron chi connectivity index (χ0n) is 15.0. The van der Waals surface area contributed by atoms with Crippen molar-refractivity contribution in [3.63, 3.8) is 0 Å². The molecule has 0 amide bonds. The van der Waals surface area contributed by atoms with Crippen LogP contribution in [0.25, 0.3) is 28.6 Å². The summed E-state index contributed by atoms with van der Waals surface area (Å²) in [6.07, 6.45) is 5.77. The number of nitrogens with zero attached hydrogens (tertiary/aromatic N) is 3. The molecule has 2 aromatic carbocycles. The van der Waals surface area contributed by atoms with Crippen LogP contribution in [0.4, 0.5) is 14.5 Å². The molecule has 1 aliphatic rings. The Kier molecular flexibility index (Phi) is 4.44.